The maximum atomic E-state index is 9.17. The molecule has 0 bridgehead atoms. The van der Waals surface area contributed by atoms with Gasteiger partial charge in [-0.05, 0) is 0 Å². The Hall–Kier alpha value is 1.11. The van der Waals surface area contributed by atoms with E-state index in [2.05, 4.69) is 0 Å². The van der Waals surface area contributed by atoms with Gasteiger partial charge in [0.15, 0.2) is 0 Å². The summed E-state index contributed by atoms with van der Waals surface area (Å²) in [6.45, 7) is 0.927. The van der Waals surface area contributed by atoms with Crippen LogP contribution in [0.4, 0.5) is 0 Å². The topological polar surface area (TPSA) is 38.7 Å². The van der Waals surface area contributed by atoms with Gasteiger partial charge in [-0.15, -0.1) is 0 Å². The zero-order chi connectivity index (χ0) is 9.68. The Bertz CT molecular complexity index is 147. The number of hydrogen-bond donors (Lipinski definition) is 1. The maximum absolute atomic E-state index is 9.17. The first kappa shape index (κ1) is 12.2. The molecule has 1 heterocycles. The molecule has 3 atom stereocenters. The van der Waals surface area contributed by atoms with Crippen LogP contribution in [0.3, 0.4) is 0 Å². The van der Waals surface area contributed by atoms with Gasteiger partial charge >= 0.3 is 95.0 Å². The second kappa shape index (κ2) is 6.56. The van der Waals surface area contributed by atoms with Gasteiger partial charge in [-0.25, -0.2) is 0 Å². The molecule has 1 N–H and O–H groups in total. The molecule has 0 radical (unpaired) electrons. The molecule has 0 amide bonds. The van der Waals surface area contributed by atoms with E-state index in [4.69, 9.17) is 17.7 Å². The SMILES string of the molecule is CO[C@H]1CCOC1[C@@H](CO)[CH2][Hg][Cl]. The number of ether oxygens (including phenoxy) is 2. The van der Waals surface area contributed by atoms with Crippen molar-refractivity contribution in [3.05, 3.63) is 0 Å². The molecule has 13 heavy (non-hydrogen) atoms. The molecule has 0 aliphatic carbocycles. The van der Waals surface area contributed by atoms with E-state index >= 15 is 0 Å². The van der Waals surface area contributed by atoms with Gasteiger partial charge in [0.05, 0.1) is 0 Å². The average Bonchev–Trinajstić information content (AvgIpc) is 2.61. The van der Waals surface area contributed by atoms with E-state index in [0.29, 0.717) is 0 Å². The first-order chi connectivity index (χ1) is 6.33. The number of methoxy groups -OCH3 is 1. The van der Waals surface area contributed by atoms with Gasteiger partial charge in [0.25, 0.3) is 0 Å². The van der Waals surface area contributed by atoms with Crippen molar-refractivity contribution in [2.24, 2.45) is 5.92 Å². The van der Waals surface area contributed by atoms with Gasteiger partial charge in [-0.2, -0.15) is 0 Å². The number of hydrogen-bond acceptors (Lipinski definition) is 3. The van der Waals surface area contributed by atoms with E-state index in [-0.39, 0.29) is 24.7 Å². The molecule has 0 aromatic carbocycles. The molecule has 1 saturated heterocycles. The predicted octanol–water partition coefficient (Wildman–Crippen LogP) is 1.05. The fourth-order valence-electron chi connectivity index (χ4n) is 1.78. The summed E-state index contributed by atoms with van der Waals surface area (Å²) in [5.41, 5.74) is 0. The minimum atomic E-state index is -1.19. The Morgan fingerprint density at radius 3 is 3.08 bits per heavy atom. The van der Waals surface area contributed by atoms with Crippen LogP contribution in [-0.4, -0.2) is 37.6 Å². The minimum absolute atomic E-state index is 0.0775. The van der Waals surface area contributed by atoms with E-state index in [0.717, 1.165) is 17.0 Å². The molecule has 3 nitrogen and oxygen atoms in total. The summed E-state index contributed by atoms with van der Waals surface area (Å²) in [5, 5.41) is 9.17. The summed E-state index contributed by atoms with van der Waals surface area (Å²) >= 11 is -1.19. The van der Waals surface area contributed by atoms with Gasteiger partial charge in [-0.3, -0.25) is 0 Å². The van der Waals surface area contributed by atoms with Crippen LogP contribution in [0.1, 0.15) is 6.42 Å². The molecule has 1 aliphatic rings. The molecule has 1 aliphatic heterocycles. The quantitative estimate of drug-likeness (QED) is 0.708. The van der Waals surface area contributed by atoms with Gasteiger partial charge in [-0.1, -0.05) is 0 Å². The molecule has 0 aromatic rings. The van der Waals surface area contributed by atoms with E-state index in [1.807, 2.05) is 0 Å². The summed E-state index contributed by atoms with van der Waals surface area (Å²) < 4.78 is 11.9. The van der Waals surface area contributed by atoms with Crippen LogP contribution in [0.5, 0.6) is 0 Å². The van der Waals surface area contributed by atoms with Crippen LogP contribution in [0.25, 0.3) is 0 Å². The molecule has 0 aromatic heterocycles. The van der Waals surface area contributed by atoms with Crippen LogP contribution in [0.2, 0.25) is 3.93 Å². The molecule has 1 rings (SSSR count). The standard InChI is InChI=1S/C8H15O3.ClH.Hg/c1-6(5-9)8-7(10-2)3-4-11-8;;/h6-9H,1,3-5H2,2H3;1H;/q;;+1/p-1/t6-,7+,8?;;/m1../s1. The van der Waals surface area contributed by atoms with Gasteiger partial charge in [0.2, 0.25) is 0 Å². The fraction of sp³-hybridized carbons (Fsp3) is 1.00. The Labute approximate surface area is 94.6 Å². The van der Waals surface area contributed by atoms with Crippen molar-refractivity contribution in [1.29, 1.82) is 0 Å². The Kier molecular flexibility index (Phi) is 6.15. The van der Waals surface area contributed by atoms with Crippen LogP contribution < -0.4 is 0 Å². The zero-order valence-electron chi connectivity index (χ0n) is 7.91. The Morgan fingerprint density at radius 1 is 1.77 bits per heavy atom. The van der Waals surface area contributed by atoms with Crippen LogP contribution in [0.15, 0.2) is 0 Å². The van der Waals surface area contributed by atoms with Crippen molar-refractivity contribution in [2.75, 3.05) is 20.3 Å². The summed E-state index contributed by atoms with van der Waals surface area (Å²) in [6, 6.07) is 0. The van der Waals surface area contributed by atoms with Crippen molar-refractivity contribution in [3.8, 4) is 0 Å². The summed E-state index contributed by atoms with van der Waals surface area (Å²) in [5.74, 6) is 0.214. The number of aliphatic hydroxyl groups is 1. The molecule has 1 unspecified atom stereocenters. The molecule has 74 valence electrons. The number of halogens is 1. The molecule has 0 saturated carbocycles. The normalized spacial score (nSPS) is 30.1. The fourth-order valence-corrected chi connectivity index (χ4v) is 7.32. The van der Waals surface area contributed by atoms with Crippen LogP contribution >= 0.6 is 8.25 Å². The summed E-state index contributed by atoms with van der Waals surface area (Å²) in [4.78, 5) is 0. The van der Waals surface area contributed by atoms with E-state index in [1.165, 1.54) is 0 Å². The third kappa shape index (κ3) is 3.31. The molecular formula is C8H15ClHgO3. The van der Waals surface area contributed by atoms with Crippen molar-refractivity contribution in [2.45, 2.75) is 22.6 Å². The second-order valence-electron chi connectivity index (χ2n) is 3.32. The van der Waals surface area contributed by atoms with E-state index in [1.54, 1.807) is 7.11 Å². The van der Waals surface area contributed by atoms with Crippen LogP contribution in [-0.2, 0) is 32.8 Å². The Morgan fingerprint density at radius 2 is 2.54 bits per heavy atom. The summed E-state index contributed by atoms with van der Waals surface area (Å²) in [7, 11) is 7.56. The van der Waals surface area contributed by atoms with Crippen molar-refractivity contribution in [1.82, 2.24) is 0 Å². The van der Waals surface area contributed by atoms with E-state index < -0.39 is 23.3 Å². The predicted molar refractivity (Wildman–Crippen MR) is 46.4 cm³/mol. The first-order valence-electron chi connectivity index (χ1n) is 4.64. The molecule has 0 spiro atoms. The van der Waals surface area contributed by atoms with Gasteiger partial charge < -0.3 is 0 Å². The molecule has 1 fully saturated rings. The van der Waals surface area contributed by atoms with E-state index in [9.17, 15) is 5.11 Å². The van der Waals surface area contributed by atoms with Gasteiger partial charge in [0, 0.05) is 0 Å². The number of aliphatic hydroxyl groups excluding tert-OH is 1. The second-order valence-corrected chi connectivity index (χ2v) is 10.3. The third-order valence-electron chi connectivity index (χ3n) is 2.56. The van der Waals surface area contributed by atoms with Crippen molar-refractivity contribution in [3.63, 3.8) is 0 Å². The van der Waals surface area contributed by atoms with Gasteiger partial charge in [0.1, 0.15) is 0 Å². The monoisotopic (exact) mass is 396 g/mol. The molecular weight excluding hydrogens is 380 g/mol. The molecule has 5 heteroatoms. The first-order valence-corrected chi connectivity index (χ1v) is 15.3. The average molecular weight is 395 g/mol. The Balaban J connectivity index is 2.46. The number of rotatable bonds is 5. The van der Waals surface area contributed by atoms with Crippen LogP contribution in [0, 0.1) is 5.92 Å². The zero-order valence-corrected chi connectivity index (χ0v) is 14.2. The summed E-state index contributed by atoms with van der Waals surface area (Å²) in [6.07, 6.45) is 1.18. The van der Waals surface area contributed by atoms with Crippen molar-refractivity contribution >= 4 is 8.25 Å². The van der Waals surface area contributed by atoms with Crippen molar-refractivity contribution < 1.29 is 37.9 Å². The third-order valence-corrected chi connectivity index (χ3v) is 8.21.